The van der Waals surface area contributed by atoms with Crippen molar-refractivity contribution in [3.8, 4) is 0 Å². The largest absolute Gasteiger partial charge is 0.423 e. The monoisotopic (exact) mass is 259 g/mol. The fourth-order valence-corrected chi connectivity index (χ4v) is 3.46. The molecule has 100 valence electrons. The van der Waals surface area contributed by atoms with Gasteiger partial charge in [0.05, 0.1) is 6.10 Å². The molecule has 0 spiro atoms. The molecule has 2 aromatic rings. The Hall–Kier alpha value is -1.75. The van der Waals surface area contributed by atoms with Gasteiger partial charge in [0.1, 0.15) is 5.52 Å². The van der Waals surface area contributed by atoms with E-state index in [9.17, 15) is 5.11 Å². The summed E-state index contributed by atoms with van der Waals surface area (Å²) in [6, 6.07) is 6.17. The number of nitrogen functional groups attached to an aromatic ring is 1. The average Bonchev–Trinajstić information content (AvgIpc) is 3.04. The van der Waals surface area contributed by atoms with Gasteiger partial charge < -0.3 is 20.2 Å². The van der Waals surface area contributed by atoms with E-state index < -0.39 is 0 Å². The first kappa shape index (κ1) is 11.1. The van der Waals surface area contributed by atoms with Crippen molar-refractivity contribution in [2.45, 2.75) is 18.9 Å². The lowest BCUT2D eigenvalue weighted by Gasteiger charge is -2.15. The lowest BCUT2D eigenvalue weighted by atomic mass is 10.00. The maximum absolute atomic E-state index is 9.95. The molecule has 3 unspecified atom stereocenters. The summed E-state index contributed by atoms with van der Waals surface area (Å²) in [4.78, 5) is 6.66. The van der Waals surface area contributed by atoms with Crippen molar-refractivity contribution in [2.24, 2.45) is 11.8 Å². The predicted octanol–water partition coefficient (Wildman–Crippen LogP) is 1.62. The predicted molar refractivity (Wildman–Crippen MR) is 72.9 cm³/mol. The van der Waals surface area contributed by atoms with Crippen LogP contribution in [0.4, 0.5) is 11.7 Å². The van der Waals surface area contributed by atoms with Gasteiger partial charge in [-0.15, -0.1) is 0 Å². The Morgan fingerprint density at radius 3 is 3.05 bits per heavy atom. The second-order valence-electron chi connectivity index (χ2n) is 5.70. The van der Waals surface area contributed by atoms with Crippen LogP contribution in [0.2, 0.25) is 0 Å². The molecule has 0 radical (unpaired) electrons. The lowest BCUT2D eigenvalue weighted by molar-refractivity contribution is 0.133. The summed E-state index contributed by atoms with van der Waals surface area (Å²) in [7, 11) is 0. The Balaban J connectivity index is 1.65. The number of fused-ring (bicyclic) bond motifs is 2. The molecule has 3 N–H and O–H groups in total. The second-order valence-corrected chi connectivity index (χ2v) is 5.70. The summed E-state index contributed by atoms with van der Waals surface area (Å²) in [5.74, 6) is 0.954. The molecule has 2 fully saturated rings. The van der Waals surface area contributed by atoms with Crippen molar-refractivity contribution in [1.82, 2.24) is 4.98 Å². The SMILES string of the molecule is Nc1ccc2nc(N3CC4CCC(O)C4C3)oc2c1. The molecule has 0 amide bonds. The van der Waals surface area contributed by atoms with Crippen molar-refractivity contribution in [3.63, 3.8) is 0 Å². The standard InChI is InChI=1S/C14H17N3O2/c15-9-2-3-11-13(5-9)19-14(16-11)17-6-8-1-4-12(18)10(8)7-17/h2-3,5,8,10,12,18H,1,4,6-7,15H2. The highest BCUT2D eigenvalue weighted by molar-refractivity contribution is 5.78. The second kappa shape index (κ2) is 3.87. The Bertz CT molecular complexity index is 624. The van der Waals surface area contributed by atoms with Gasteiger partial charge in [-0.2, -0.15) is 4.98 Å². The third-order valence-electron chi connectivity index (χ3n) is 4.49. The van der Waals surface area contributed by atoms with E-state index in [1.807, 2.05) is 12.1 Å². The molecule has 2 heterocycles. The number of aliphatic hydroxyl groups excluding tert-OH is 1. The van der Waals surface area contributed by atoms with E-state index in [-0.39, 0.29) is 6.10 Å². The summed E-state index contributed by atoms with van der Waals surface area (Å²) in [6.45, 7) is 1.78. The first-order chi connectivity index (χ1) is 9.20. The summed E-state index contributed by atoms with van der Waals surface area (Å²) in [5.41, 5.74) is 7.99. The molecule has 5 heteroatoms. The quantitative estimate of drug-likeness (QED) is 0.761. The number of hydrogen-bond acceptors (Lipinski definition) is 5. The molecular weight excluding hydrogens is 242 g/mol. The molecule has 4 rings (SSSR count). The average molecular weight is 259 g/mol. The van der Waals surface area contributed by atoms with Gasteiger partial charge in [-0.25, -0.2) is 0 Å². The van der Waals surface area contributed by atoms with Crippen LogP contribution in [0.3, 0.4) is 0 Å². The van der Waals surface area contributed by atoms with Crippen molar-refractivity contribution in [1.29, 1.82) is 0 Å². The molecule has 1 saturated carbocycles. The number of nitrogens with zero attached hydrogens (tertiary/aromatic N) is 2. The van der Waals surface area contributed by atoms with E-state index in [0.717, 1.165) is 37.0 Å². The maximum Gasteiger partial charge on any atom is 0.298 e. The summed E-state index contributed by atoms with van der Waals surface area (Å²) >= 11 is 0. The topological polar surface area (TPSA) is 75.5 Å². The molecule has 1 aliphatic carbocycles. The third kappa shape index (κ3) is 1.69. The van der Waals surface area contributed by atoms with Gasteiger partial charge in [0.25, 0.3) is 6.01 Å². The number of aromatic nitrogens is 1. The number of aliphatic hydroxyl groups is 1. The highest BCUT2D eigenvalue weighted by atomic mass is 16.4. The van der Waals surface area contributed by atoms with Crippen molar-refractivity contribution in [3.05, 3.63) is 18.2 Å². The van der Waals surface area contributed by atoms with Gasteiger partial charge in [-0.3, -0.25) is 0 Å². The van der Waals surface area contributed by atoms with E-state index >= 15 is 0 Å². The van der Waals surface area contributed by atoms with Crippen LogP contribution in [0.5, 0.6) is 0 Å². The number of hydrogen-bond donors (Lipinski definition) is 2. The van der Waals surface area contributed by atoms with E-state index in [2.05, 4.69) is 9.88 Å². The summed E-state index contributed by atoms with van der Waals surface area (Å²) in [5, 5.41) is 9.95. The first-order valence-electron chi connectivity index (χ1n) is 6.80. The summed E-state index contributed by atoms with van der Waals surface area (Å²) < 4.78 is 5.79. The fourth-order valence-electron chi connectivity index (χ4n) is 3.46. The maximum atomic E-state index is 9.95. The van der Waals surface area contributed by atoms with Crippen LogP contribution in [0.25, 0.3) is 11.1 Å². The molecular formula is C14H17N3O2. The van der Waals surface area contributed by atoms with Crippen LogP contribution in [0, 0.1) is 11.8 Å². The Labute approximate surface area is 111 Å². The highest BCUT2D eigenvalue weighted by Gasteiger charge is 2.43. The van der Waals surface area contributed by atoms with Gasteiger partial charge in [0, 0.05) is 30.8 Å². The van der Waals surface area contributed by atoms with Crippen molar-refractivity contribution < 1.29 is 9.52 Å². The van der Waals surface area contributed by atoms with E-state index in [1.165, 1.54) is 0 Å². The van der Waals surface area contributed by atoms with Crippen LogP contribution >= 0.6 is 0 Å². The smallest absolute Gasteiger partial charge is 0.298 e. The first-order valence-corrected chi connectivity index (χ1v) is 6.80. The van der Waals surface area contributed by atoms with Crippen LogP contribution in [0.1, 0.15) is 12.8 Å². The van der Waals surface area contributed by atoms with Crippen LogP contribution in [-0.4, -0.2) is 29.3 Å². The molecule has 1 aromatic carbocycles. The van der Waals surface area contributed by atoms with E-state index in [1.54, 1.807) is 6.07 Å². The zero-order valence-corrected chi connectivity index (χ0v) is 10.6. The molecule has 1 aromatic heterocycles. The normalized spacial score (nSPS) is 30.2. The summed E-state index contributed by atoms with van der Waals surface area (Å²) in [6.07, 6.45) is 1.89. The van der Waals surface area contributed by atoms with Gasteiger partial charge in [0.15, 0.2) is 5.58 Å². The molecule has 3 atom stereocenters. The van der Waals surface area contributed by atoms with Crippen molar-refractivity contribution in [2.75, 3.05) is 23.7 Å². The molecule has 0 bridgehead atoms. The van der Waals surface area contributed by atoms with Gasteiger partial charge in [-0.1, -0.05) is 0 Å². The Kier molecular flexibility index (Phi) is 2.26. The van der Waals surface area contributed by atoms with Gasteiger partial charge in [0.2, 0.25) is 0 Å². The van der Waals surface area contributed by atoms with Crippen LogP contribution in [0.15, 0.2) is 22.6 Å². The lowest BCUT2D eigenvalue weighted by Crippen LogP contribution is -2.24. The van der Waals surface area contributed by atoms with Crippen molar-refractivity contribution >= 4 is 22.8 Å². The Morgan fingerprint density at radius 2 is 2.21 bits per heavy atom. The molecule has 2 aliphatic rings. The Morgan fingerprint density at radius 1 is 1.32 bits per heavy atom. The fraction of sp³-hybridized carbons (Fsp3) is 0.500. The third-order valence-corrected chi connectivity index (χ3v) is 4.49. The minimum Gasteiger partial charge on any atom is -0.423 e. The van der Waals surface area contributed by atoms with Crippen LogP contribution < -0.4 is 10.6 Å². The zero-order valence-electron chi connectivity index (χ0n) is 10.6. The number of oxazole rings is 1. The molecule has 1 aliphatic heterocycles. The van der Waals surface area contributed by atoms with Crippen LogP contribution in [-0.2, 0) is 0 Å². The minimum atomic E-state index is -0.157. The molecule has 19 heavy (non-hydrogen) atoms. The number of anilines is 2. The number of rotatable bonds is 1. The number of benzene rings is 1. The van der Waals surface area contributed by atoms with E-state index in [4.69, 9.17) is 10.2 Å². The van der Waals surface area contributed by atoms with E-state index in [0.29, 0.717) is 23.5 Å². The van der Waals surface area contributed by atoms with Gasteiger partial charge in [-0.05, 0) is 30.9 Å². The minimum absolute atomic E-state index is 0.157. The van der Waals surface area contributed by atoms with Gasteiger partial charge >= 0.3 is 0 Å². The number of nitrogens with two attached hydrogens (primary N) is 1. The molecule has 1 saturated heterocycles. The zero-order chi connectivity index (χ0) is 13.0. The highest BCUT2D eigenvalue weighted by Crippen LogP contribution is 2.40. The molecule has 5 nitrogen and oxygen atoms in total.